The van der Waals surface area contributed by atoms with E-state index in [1.807, 2.05) is 12.1 Å². The molecule has 2 rings (SSSR count). The molecular weight excluding hydrogens is 272 g/mol. The van der Waals surface area contributed by atoms with Gasteiger partial charge in [-0.15, -0.1) is 0 Å². The molecule has 22 heavy (non-hydrogen) atoms. The first-order valence-electron chi connectivity index (χ1n) is 7.78. The zero-order valence-corrected chi connectivity index (χ0v) is 13.8. The van der Waals surface area contributed by atoms with Crippen molar-refractivity contribution in [1.82, 2.24) is 0 Å². The largest absolute Gasteiger partial charge is 0.465 e. The van der Waals surface area contributed by atoms with Crippen LogP contribution in [0.1, 0.15) is 53.7 Å². The Kier molecular flexibility index (Phi) is 5.37. The van der Waals surface area contributed by atoms with Crippen molar-refractivity contribution in [2.24, 2.45) is 5.92 Å². The summed E-state index contributed by atoms with van der Waals surface area (Å²) in [6.07, 6.45) is 1.09. The third kappa shape index (κ3) is 3.97. The maximum Gasteiger partial charge on any atom is 0.337 e. The Bertz CT molecular complexity index is 644. The fourth-order valence-electron chi connectivity index (χ4n) is 2.71. The van der Waals surface area contributed by atoms with Gasteiger partial charge in [0.2, 0.25) is 0 Å². The molecule has 2 aromatic rings. The number of hydrogen-bond acceptors (Lipinski definition) is 2. The van der Waals surface area contributed by atoms with Crippen LogP contribution < -0.4 is 0 Å². The van der Waals surface area contributed by atoms with Crippen LogP contribution in [0.25, 0.3) is 0 Å². The van der Waals surface area contributed by atoms with Gasteiger partial charge in [0.1, 0.15) is 0 Å². The van der Waals surface area contributed by atoms with E-state index in [0.717, 1.165) is 12.0 Å². The molecule has 0 N–H and O–H groups in total. The van der Waals surface area contributed by atoms with Gasteiger partial charge >= 0.3 is 5.97 Å². The highest BCUT2D eigenvalue weighted by atomic mass is 16.5. The Morgan fingerprint density at radius 1 is 1.00 bits per heavy atom. The minimum atomic E-state index is -0.289. The molecule has 0 spiro atoms. The average Bonchev–Trinajstić information content (AvgIpc) is 2.53. The Labute approximate surface area is 133 Å². The number of esters is 1. The second kappa shape index (κ2) is 7.26. The third-order valence-corrected chi connectivity index (χ3v) is 3.90. The van der Waals surface area contributed by atoms with Crippen LogP contribution in [-0.2, 0) is 11.2 Å². The monoisotopic (exact) mass is 296 g/mol. The summed E-state index contributed by atoms with van der Waals surface area (Å²) in [6, 6.07) is 16.4. The summed E-state index contributed by atoms with van der Waals surface area (Å²) in [5.74, 6) is 0.604. The Hall–Kier alpha value is -2.09. The predicted molar refractivity (Wildman–Crippen MR) is 90.3 cm³/mol. The molecule has 2 nitrogen and oxygen atoms in total. The fourth-order valence-corrected chi connectivity index (χ4v) is 2.71. The summed E-state index contributed by atoms with van der Waals surface area (Å²) in [5.41, 5.74) is 4.37. The Morgan fingerprint density at radius 2 is 1.64 bits per heavy atom. The van der Waals surface area contributed by atoms with Gasteiger partial charge in [0, 0.05) is 5.92 Å². The molecular formula is C20H24O2. The van der Waals surface area contributed by atoms with Crippen molar-refractivity contribution in [3.05, 3.63) is 70.8 Å². The molecule has 0 saturated carbocycles. The van der Waals surface area contributed by atoms with Crippen LogP contribution >= 0.6 is 0 Å². The number of rotatable bonds is 5. The number of methoxy groups -OCH3 is 1. The highest BCUT2D eigenvalue weighted by Gasteiger charge is 2.12. The van der Waals surface area contributed by atoms with E-state index in [4.69, 9.17) is 4.74 Å². The van der Waals surface area contributed by atoms with Crippen molar-refractivity contribution in [2.45, 2.75) is 33.1 Å². The molecule has 0 fully saturated rings. The van der Waals surface area contributed by atoms with Gasteiger partial charge in [0.15, 0.2) is 0 Å². The van der Waals surface area contributed by atoms with Crippen molar-refractivity contribution in [1.29, 1.82) is 0 Å². The zero-order chi connectivity index (χ0) is 16.1. The molecule has 0 amide bonds. The minimum Gasteiger partial charge on any atom is -0.465 e. The van der Waals surface area contributed by atoms with Crippen LogP contribution in [0.5, 0.6) is 0 Å². The molecule has 0 aliphatic carbocycles. The molecule has 1 unspecified atom stereocenters. The van der Waals surface area contributed by atoms with Crippen LogP contribution in [-0.4, -0.2) is 13.1 Å². The van der Waals surface area contributed by atoms with Gasteiger partial charge < -0.3 is 4.74 Å². The van der Waals surface area contributed by atoms with E-state index in [9.17, 15) is 4.79 Å². The van der Waals surface area contributed by atoms with Crippen LogP contribution in [0.15, 0.2) is 48.5 Å². The predicted octanol–water partition coefficient (Wildman–Crippen LogP) is 4.82. The van der Waals surface area contributed by atoms with Gasteiger partial charge in [0.25, 0.3) is 0 Å². The van der Waals surface area contributed by atoms with Crippen LogP contribution in [0.3, 0.4) is 0 Å². The van der Waals surface area contributed by atoms with Gasteiger partial charge in [0.05, 0.1) is 12.7 Å². The van der Waals surface area contributed by atoms with Crippen molar-refractivity contribution >= 4 is 5.97 Å². The van der Waals surface area contributed by atoms with Crippen LogP contribution in [0.2, 0.25) is 0 Å². The van der Waals surface area contributed by atoms with Gasteiger partial charge in [-0.3, -0.25) is 0 Å². The lowest BCUT2D eigenvalue weighted by Gasteiger charge is -2.15. The second-order valence-corrected chi connectivity index (χ2v) is 6.18. The van der Waals surface area contributed by atoms with Crippen LogP contribution in [0.4, 0.5) is 0 Å². The summed E-state index contributed by atoms with van der Waals surface area (Å²) in [4.78, 5) is 11.7. The maximum absolute atomic E-state index is 11.7. The van der Waals surface area contributed by atoms with Crippen molar-refractivity contribution in [2.75, 3.05) is 7.11 Å². The first kappa shape index (κ1) is 16.3. The molecule has 0 heterocycles. The number of hydrogen-bond donors (Lipinski definition) is 0. The van der Waals surface area contributed by atoms with Gasteiger partial charge in [-0.25, -0.2) is 4.79 Å². The van der Waals surface area contributed by atoms with Crippen molar-refractivity contribution in [3.63, 3.8) is 0 Å². The summed E-state index contributed by atoms with van der Waals surface area (Å²) in [5, 5.41) is 0. The molecule has 0 saturated heterocycles. The lowest BCUT2D eigenvalue weighted by molar-refractivity contribution is 0.0600. The number of carbonyl (C=O) groups excluding carboxylic acids is 1. The number of benzene rings is 2. The molecule has 1 atom stereocenters. The van der Waals surface area contributed by atoms with E-state index < -0.39 is 0 Å². The maximum atomic E-state index is 11.7. The molecule has 0 aliphatic rings. The smallest absolute Gasteiger partial charge is 0.337 e. The first-order valence-corrected chi connectivity index (χ1v) is 7.78. The van der Waals surface area contributed by atoms with E-state index in [2.05, 4.69) is 51.1 Å². The van der Waals surface area contributed by atoms with E-state index in [0.29, 0.717) is 11.5 Å². The highest BCUT2D eigenvalue weighted by molar-refractivity contribution is 5.89. The van der Waals surface area contributed by atoms with Crippen molar-refractivity contribution in [3.8, 4) is 0 Å². The molecule has 0 aliphatic heterocycles. The molecule has 0 bridgehead atoms. The third-order valence-electron chi connectivity index (χ3n) is 3.90. The van der Waals surface area contributed by atoms with E-state index in [1.165, 1.54) is 18.2 Å². The normalized spacial score (nSPS) is 12.2. The SMILES string of the molecule is COC(=O)c1cccc(C(C)c2cccc(CC(C)C)c2)c1. The summed E-state index contributed by atoms with van der Waals surface area (Å²) < 4.78 is 4.80. The van der Waals surface area contributed by atoms with E-state index in [1.54, 1.807) is 6.07 Å². The summed E-state index contributed by atoms with van der Waals surface area (Å²) in [6.45, 7) is 6.64. The first-order chi connectivity index (χ1) is 10.5. The average molecular weight is 296 g/mol. The van der Waals surface area contributed by atoms with Crippen molar-refractivity contribution < 1.29 is 9.53 Å². The molecule has 116 valence electrons. The Morgan fingerprint density at radius 3 is 2.27 bits per heavy atom. The minimum absolute atomic E-state index is 0.247. The Balaban J connectivity index is 2.28. The molecule has 2 heteroatoms. The standard InChI is InChI=1S/C20H24O2/c1-14(2)11-16-7-5-8-17(12-16)15(3)18-9-6-10-19(13-18)20(21)22-4/h5-10,12-15H,11H2,1-4H3. The lowest BCUT2D eigenvalue weighted by atomic mass is 9.90. The molecule has 2 aromatic carbocycles. The molecule has 0 aromatic heterocycles. The van der Waals surface area contributed by atoms with E-state index >= 15 is 0 Å². The summed E-state index contributed by atoms with van der Waals surface area (Å²) in [7, 11) is 1.41. The zero-order valence-electron chi connectivity index (χ0n) is 13.8. The van der Waals surface area contributed by atoms with Crippen LogP contribution in [0, 0.1) is 5.92 Å². The lowest BCUT2D eigenvalue weighted by Crippen LogP contribution is -2.04. The van der Waals surface area contributed by atoms with Gasteiger partial charge in [-0.1, -0.05) is 57.2 Å². The topological polar surface area (TPSA) is 26.3 Å². The number of ether oxygens (including phenoxy) is 1. The quantitative estimate of drug-likeness (QED) is 0.739. The number of carbonyl (C=O) groups is 1. The second-order valence-electron chi connectivity index (χ2n) is 6.18. The van der Waals surface area contributed by atoms with E-state index in [-0.39, 0.29) is 11.9 Å². The highest BCUT2D eigenvalue weighted by Crippen LogP contribution is 2.26. The fraction of sp³-hybridized carbons (Fsp3) is 0.350. The molecule has 0 radical (unpaired) electrons. The van der Waals surface area contributed by atoms with Gasteiger partial charge in [-0.2, -0.15) is 0 Å². The summed E-state index contributed by atoms with van der Waals surface area (Å²) >= 11 is 0. The van der Waals surface area contributed by atoms with Gasteiger partial charge in [-0.05, 0) is 41.2 Å².